The second-order valence-electron chi connectivity index (χ2n) is 5.68. The summed E-state index contributed by atoms with van der Waals surface area (Å²) in [6.07, 6.45) is 2.74. The SMILES string of the molecule is CCN(CCN1C(=O)CNC1c1ccc(C)s1)C1CC1. The molecule has 1 unspecified atom stereocenters. The van der Waals surface area contributed by atoms with Crippen LogP contribution in [0.2, 0.25) is 0 Å². The van der Waals surface area contributed by atoms with E-state index in [2.05, 4.69) is 36.2 Å². The number of nitrogens with zero attached hydrogens (tertiary/aromatic N) is 2. The first-order valence-corrected chi connectivity index (χ1v) is 8.34. The molecule has 0 bridgehead atoms. The van der Waals surface area contributed by atoms with Crippen LogP contribution in [0.5, 0.6) is 0 Å². The molecule has 2 fully saturated rings. The summed E-state index contributed by atoms with van der Waals surface area (Å²) in [7, 11) is 0. The molecule has 0 spiro atoms. The number of nitrogens with one attached hydrogen (secondary N) is 1. The van der Waals surface area contributed by atoms with Crippen molar-refractivity contribution in [3.63, 3.8) is 0 Å². The average Bonchev–Trinajstić information content (AvgIpc) is 3.08. The summed E-state index contributed by atoms with van der Waals surface area (Å²) in [6.45, 7) is 7.71. The standard InChI is InChI=1S/C15H23N3OS/c1-3-17(12-5-6-12)8-9-18-14(19)10-16-15(18)13-7-4-11(2)20-13/h4,7,12,15-16H,3,5-6,8-10H2,1-2H3. The van der Waals surface area contributed by atoms with Crippen molar-refractivity contribution in [3.8, 4) is 0 Å². The van der Waals surface area contributed by atoms with Crippen LogP contribution < -0.4 is 5.32 Å². The molecule has 1 aliphatic heterocycles. The van der Waals surface area contributed by atoms with Crippen LogP contribution in [0, 0.1) is 6.92 Å². The highest BCUT2D eigenvalue weighted by atomic mass is 32.1. The smallest absolute Gasteiger partial charge is 0.238 e. The molecular formula is C15H23N3OS. The minimum atomic E-state index is 0.0825. The maximum absolute atomic E-state index is 12.1. The van der Waals surface area contributed by atoms with Crippen LogP contribution in [0.4, 0.5) is 0 Å². The lowest BCUT2D eigenvalue weighted by atomic mass is 10.3. The Balaban J connectivity index is 1.64. The van der Waals surface area contributed by atoms with Gasteiger partial charge in [-0.3, -0.25) is 15.0 Å². The van der Waals surface area contributed by atoms with Gasteiger partial charge < -0.3 is 4.90 Å². The number of carbonyl (C=O) groups excluding carboxylic acids is 1. The molecule has 3 rings (SSSR count). The molecular weight excluding hydrogens is 270 g/mol. The van der Waals surface area contributed by atoms with Gasteiger partial charge >= 0.3 is 0 Å². The zero-order valence-corrected chi connectivity index (χ0v) is 13.1. The van der Waals surface area contributed by atoms with Crippen molar-refractivity contribution in [3.05, 3.63) is 21.9 Å². The third-order valence-electron chi connectivity index (χ3n) is 4.21. The number of amides is 1. The summed E-state index contributed by atoms with van der Waals surface area (Å²) < 4.78 is 0. The van der Waals surface area contributed by atoms with E-state index in [-0.39, 0.29) is 12.1 Å². The number of hydrogen-bond donors (Lipinski definition) is 1. The van der Waals surface area contributed by atoms with Crippen LogP contribution in [-0.4, -0.2) is 47.9 Å². The predicted molar refractivity (Wildman–Crippen MR) is 81.8 cm³/mol. The number of rotatable bonds is 6. The highest BCUT2D eigenvalue weighted by molar-refractivity contribution is 7.12. The second-order valence-corrected chi connectivity index (χ2v) is 7.00. The third kappa shape index (κ3) is 2.90. The van der Waals surface area contributed by atoms with Crippen molar-refractivity contribution in [2.24, 2.45) is 0 Å². The maximum Gasteiger partial charge on any atom is 0.238 e. The lowest BCUT2D eigenvalue weighted by Crippen LogP contribution is -2.38. The highest BCUT2D eigenvalue weighted by Crippen LogP contribution is 2.29. The molecule has 4 nitrogen and oxygen atoms in total. The van der Waals surface area contributed by atoms with Crippen LogP contribution in [0.15, 0.2) is 12.1 Å². The van der Waals surface area contributed by atoms with E-state index in [1.807, 2.05) is 4.90 Å². The van der Waals surface area contributed by atoms with E-state index in [1.165, 1.54) is 22.6 Å². The van der Waals surface area contributed by atoms with E-state index < -0.39 is 0 Å². The zero-order chi connectivity index (χ0) is 14.1. The Kier molecular flexibility index (Phi) is 4.10. The molecule has 1 atom stereocenters. The van der Waals surface area contributed by atoms with Gasteiger partial charge in [-0.05, 0) is 38.4 Å². The van der Waals surface area contributed by atoms with E-state index in [9.17, 15) is 4.79 Å². The van der Waals surface area contributed by atoms with Crippen molar-refractivity contribution in [1.82, 2.24) is 15.1 Å². The van der Waals surface area contributed by atoms with Gasteiger partial charge in [0.05, 0.1) is 6.54 Å². The maximum atomic E-state index is 12.1. The molecule has 1 aromatic heterocycles. The van der Waals surface area contributed by atoms with Crippen LogP contribution >= 0.6 is 11.3 Å². The molecule has 2 aliphatic rings. The van der Waals surface area contributed by atoms with Gasteiger partial charge in [0.15, 0.2) is 0 Å². The molecule has 1 saturated heterocycles. The summed E-state index contributed by atoms with van der Waals surface area (Å²) in [4.78, 5) is 19.2. The summed E-state index contributed by atoms with van der Waals surface area (Å²) in [6, 6.07) is 5.04. The lowest BCUT2D eigenvalue weighted by Gasteiger charge is -2.27. The fourth-order valence-electron chi connectivity index (χ4n) is 2.92. The van der Waals surface area contributed by atoms with E-state index in [0.29, 0.717) is 6.54 Å². The fraction of sp³-hybridized carbons (Fsp3) is 0.667. The molecule has 2 heterocycles. The number of likely N-dealkylation sites (N-methyl/N-ethyl adjacent to an activating group) is 1. The first-order chi connectivity index (χ1) is 9.69. The first-order valence-electron chi connectivity index (χ1n) is 7.52. The molecule has 1 saturated carbocycles. The van der Waals surface area contributed by atoms with Crippen LogP contribution in [0.25, 0.3) is 0 Å². The average molecular weight is 293 g/mol. The van der Waals surface area contributed by atoms with Gasteiger partial charge in [-0.1, -0.05) is 6.92 Å². The fourth-order valence-corrected chi connectivity index (χ4v) is 3.89. The number of aryl methyl sites for hydroxylation is 1. The van der Waals surface area contributed by atoms with Crippen LogP contribution in [-0.2, 0) is 4.79 Å². The lowest BCUT2D eigenvalue weighted by molar-refractivity contribution is -0.128. The Morgan fingerprint density at radius 2 is 2.25 bits per heavy atom. The Morgan fingerprint density at radius 3 is 2.85 bits per heavy atom. The minimum Gasteiger partial charge on any atom is -0.320 e. The monoisotopic (exact) mass is 293 g/mol. The Hall–Kier alpha value is -0.910. The van der Waals surface area contributed by atoms with Gasteiger partial charge in [-0.25, -0.2) is 0 Å². The quantitative estimate of drug-likeness (QED) is 0.871. The second kappa shape index (κ2) is 5.84. The van der Waals surface area contributed by atoms with Crippen molar-refractivity contribution >= 4 is 17.2 Å². The molecule has 1 N–H and O–H groups in total. The van der Waals surface area contributed by atoms with Crippen LogP contribution in [0.3, 0.4) is 0 Å². The molecule has 0 radical (unpaired) electrons. The number of hydrogen-bond acceptors (Lipinski definition) is 4. The van der Waals surface area contributed by atoms with Crippen molar-refractivity contribution in [2.75, 3.05) is 26.2 Å². The van der Waals surface area contributed by atoms with Crippen molar-refractivity contribution in [1.29, 1.82) is 0 Å². The van der Waals surface area contributed by atoms with E-state index >= 15 is 0 Å². The van der Waals surface area contributed by atoms with Crippen molar-refractivity contribution < 1.29 is 4.79 Å². The molecule has 5 heteroatoms. The minimum absolute atomic E-state index is 0.0825. The molecule has 1 amide bonds. The molecule has 1 aliphatic carbocycles. The Morgan fingerprint density at radius 1 is 1.45 bits per heavy atom. The Bertz CT molecular complexity index is 483. The van der Waals surface area contributed by atoms with Gasteiger partial charge in [0.2, 0.25) is 5.91 Å². The number of thiophene rings is 1. The van der Waals surface area contributed by atoms with Gasteiger partial charge in [0.1, 0.15) is 6.17 Å². The third-order valence-corrected chi connectivity index (χ3v) is 5.26. The molecule has 1 aromatic rings. The summed E-state index contributed by atoms with van der Waals surface area (Å²) >= 11 is 1.78. The van der Waals surface area contributed by atoms with E-state index in [1.54, 1.807) is 11.3 Å². The first kappa shape index (κ1) is 14.0. The summed E-state index contributed by atoms with van der Waals surface area (Å²) in [5.74, 6) is 0.230. The number of carbonyl (C=O) groups is 1. The normalized spacial score (nSPS) is 23.1. The Labute approximate surface area is 124 Å². The summed E-state index contributed by atoms with van der Waals surface area (Å²) in [5, 5.41) is 3.34. The van der Waals surface area contributed by atoms with Gasteiger partial charge in [0, 0.05) is 28.9 Å². The largest absolute Gasteiger partial charge is 0.320 e. The van der Waals surface area contributed by atoms with Crippen molar-refractivity contribution in [2.45, 2.75) is 38.9 Å². The molecule has 110 valence electrons. The highest BCUT2D eigenvalue weighted by Gasteiger charge is 2.34. The van der Waals surface area contributed by atoms with Gasteiger partial charge in [-0.2, -0.15) is 0 Å². The van der Waals surface area contributed by atoms with Crippen LogP contribution in [0.1, 0.15) is 35.7 Å². The molecule has 20 heavy (non-hydrogen) atoms. The predicted octanol–water partition coefficient (Wildman–Crippen LogP) is 1.97. The van der Waals surface area contributed by atoms with E-state index in [4.69, 9.17) is 0 Å². The van der Waals surface area contributed by atoms with E-state index in [0.717, 1.165) is 25.7 Å². The zero-order valence-electron chi connectivity index (χ0n) is 12.3. The molecule has 0 aromatic carbocycles. The summed E-state index contributed by atoms with van der Waals surface area (Å²) in [5.41, 5.74) is 0. The topological polar surface area (TPSA) is 35.6 Å². The van der Waals surface area contributed by atoms with Gasteiger partial charge in [-0.15, -0.1) is 11.3 Å². The van der Waals surface area contributed by atoms with Gasteiger partial charge in [0.25, 0.3) is 0 Å².